The zero-order valence-electron chi connectivity index (χ0n) is 40.9. The highest BCUT2D eigenvalue weighted by molar-refractivity contribution is 7.32. The first-order valence-corrected chi connectivity index (χ1v) is 29.8. The second kappa shape index (κ2) is 21.7. The van der Waals surface area contributed by atoms with E-state index in [-0.39, 0.29) is 35.4 Å². The van der Waals surface area contributed by atoms with Crippen molar-refractivity contribution in [3.8, 4) is 5.75 Å². The van der Waals surface area contributed by atoms with Crippen molar-refractivity contribution < 1.29 is 42.2 Å². The lowest BCUT2D eigenvalue weighted by Gasteiger charge is -2.45. The highest BCUT2D eigenvalue weighted by atomic mass is 31.1. The molecule has 0 spiro atoms. The van der Waals surface area contributed by atoms with Crippen molar-refractivity contribution in [3.63, 3.8) is 0 Å². The fourth-order valence-electron chi connectivity index (χ4n) is 8.93. The lowest BCUT2D eigenvalue weighted by molar-refractivity contribution is -0.226. The van der Waals surface area contributed by atoms with Crippen LogP contribution in [0.1, 0.15) is 79.9 Å². The molecule has 4 N–H and O–H groups in total. The first kappa shape index (κ1) is 52.0. The minimum absolute atomic E-state index is 0.118. The number of fused-ring (bicyclic) bond motifs is 2. The highest BCUT2D eigenvalue weighted by Crippen LogP contribution is 2.50. The zero-order chi connectivity index (χ0) is 49.6. The quantitative estimate of drug-likeness (QED) is 0.0516. The summed E-state index contributed by atoms with van der Waals surface area (Å²) in [6, 6.07) is 28.7. The number of hydrogen-bond donors (Lipinski definition) is 4. The number of aromatic nitrogens is 4. The summed E-state index contributed by atoms with van der Waals surface area (Å²) < 4.78 is 45.9. The lowest BCUT2D eigenvalue weighted by Crippen LogP contribution is -2.67. The van der Waals surface area contributed by atoms with Crippen molar-refractivity contribution in [2.45, 2.75) is 121 Å². The molecular formula is C49H68N7O10PSi2. The number of anilines is 1. The third-order valence-electron chi connectivity index (χ3n) is 13.4. The van der Waals surface area contributed by atoms with Gasteiger partial charge in [0.1, 0.15) is 18.0 Å². The Labute approximate surface area is 406 Å². The molecule has 1 unspecified atom stereocenters. The van der Waals surface area contributed by atoms with Gasteiger partial charge in [0.15, 0.2) is 32.3 Å². The molecule has 3 aliphatic heterocycles. The molecule has 20 heteroatoms. The van der Waals surface area contributed by atoms with E-state index in [9.17, 15) is 24.2 Å². The molecule has 5 aromatic rings. The van der Waals surface area contributed by atoms with Crippen molar-refractivity contribution in [2.24, 2.45) is 4.99 Å². The average molecular weight is 1000 g/mol. The molecule has 2 aromatic heterocycles. The predicted molar refractivity (Wildman–Crippen MR) is 272 cm³/mol. The van der Waals surface area contributed by atoms with Crippen LogP contribution in [0.25, 0.3) is 11.2 Å². The van der Waals surface area contributed by atoms with Crippen LogP contribution in [0.5, 0.6) is 5.75 Å². The number of nitrogens with one attached hydrogen (secondary N) is 2. The van der Waals surface area contributed by atoms with E-state index in [1.165, 1.54) is 61.9 Å². The van der Waals surface area contributed by atoms with Crippen LogP contribution in [-0.4, -0.2) is 114 Å². The summed E-state index contributed by atoms with van der Waals surface area (Å²) in [5.74, 6) is -1.62. The number of carbonyl (C=O) groups is 1. The van der Waals surface area contributed by atoms with Crippen LogP contribution in [0.2, 0.25) is 23.2 Å². The summed E-state index contributed by atoms with van der Waals surface area (Å²) >= 11 is 0. The van der Waals surface area contributed by atoms with Crippen molar-refractivity contribution in [1.29, 1.82) is 0 Å². The molecular weight excluding hydrogens is 934 g/mol. The van der Waals surface area contributed by atoms with Gasteiger partial charge in [0.05, 0.1) is 18.8 Å². The molecule has 0 aliphatic carbocycles. The van der Waals surface area contributed by atoms with Gasteiger partial charge in [-0.1, -0.05) is 127 Å². The second-order valence-corrected chi connectivity index (χ2v) is 30.1. The Morgan fingerprint density at radius 1 is 0.913 bits per heavy atom. The molecule has 3 aromatic carbocycles. The van der Waals surface area contributed by atoms with Crippen molar-refractivity contribution >= 4 is 64.1 Å². The number of nitrogens with zero attached hydrogens (tertiary/aromatic N) is 5. The molecule has 8 rings (SSSR count). The number of para-hydroxylation sites is 1. The van der Waals surface area contributed by atoms with Gasteiger partial charge in [-0.05, 0) is 64.9 Å². The fraction of sp³-hybridized carbons (Fsp3) is 0.490. The van der Waals surface area contributed by atoms with E-state index in [0.717, 1.165) is 16.9 Å². The summed E-state index contributed by atoms with van der Waals surface area (Å²) in [7, 11) is -9.89. The predicted octanol–water partition coefficient (Wildman–Crippen LogP) is 6.75. The molecule has 1 amide bonds. The molecule has 3 aliphatic rings. The molecule has 17 nitrogen and oxygen atoms in total. The van der Waals surface area contributed by atoms with Gasteiger partial charge in [-0.2, -0.15) is 4.98 Å². The number of ether oxygens (including phenoxy) is 2. The minimum atomic E-state index is -3.88. The van der Waals surface area contributed by atoms with Crippen molar-refractivity contribution in [1.82, 2.24) is 24.4 Å². The number of aliphatic imine (C=N–C) groups is 1. The van der Waals surface area contributed by atoms with Gasteiger partial charge in [-0.15, -0.1) is 0 Å². The van der Waals surface area contributed by atoms with Crippen molar-refractivity contribution in [2.75, 3.05) is 38.2 Å². The Morgan fingerprint density at radius 2 is 1.54 bits per heavy atom. The number of rotatable bonds is 14. The summed E-state index contributed by atoms with van der Waals surface area (Å²) in [5, 5.41) is 16.4. The molecule has 2 fully saturated rings. The normalized spacial score (nSPS) is 21.6. The summed E-state index contributed by atoms with van der Waals surface area (Å²) in [6.07, 6.45) is 3.72. The molecule has 0 radical (unpaired) electrons. The largest absolute Gasteiger partial charge is 0.484 e. The Bertz CT molecular complexity index is 2590. The Balaban J connectivity index is 0.000000556. The van der Waals surface area contributed by atoms with Gasteiger partial charge in [0.2, 0.25) is 11.7 Å². The van der Waals surface area contributed by atoms with E-state index in [1.54, 1.807) is 24.3 Å². The van der Waals surface area contributed by atoms with Gasteiger partial charge < -0.3 is 33.2 Å². The van der Waals surface area contributed by atoms with Crippen LogP contribution in [0, 0.1) is 0 Å². The number of hydrogen-bond acceptors (Lipinski definition) is 13. The number of imidazole rings is 1. The topological polar surface area (TPSA) is 212 Å². The molecule has 69 heavy (non-hydrogen) atoms. The average Bonchev–Trinajstić information content (AvgIpc) is 3.72. The fourth-order valence-corrected chi connectivity index (χ4v) is 15.3. The second-order valence-electron chi connectivity index (χ2n) is 20.3. The third-order valence-corrected chi connectivity index (χ3v) is 23.4. The maximum absolute atomic E-state index is 13.3. The van der Waals surface area contributed by atoms with Crippen LogP contribution in [0.4, 0.5) is 5.95 Å². The number of benzene rings is 3. The summed E-state index contributed by atoms with van der Waals surface area (Å²) in [6.45, 7) is 19.5. The molecule has 0 saturated carbocycles. The molecule has 5 heterocycles. The van der Waals surface area contributed by atoms with Crippen LogP contribution in [0.3, 0.4) is 0 Å². The van der Waals surface area contributed by atoms with E-state index in [1.807, 2.05) is 76.3 Å². The van der Waals surface area contributed by atoms with E-state index in [0.29, 0.717) is 5.75 Å². The van der Waals surface area contributed by atoms with E-state index < -0.39 is 65.6 Å². The Kier molecular flexibility index (Phi) is 16.3. The number of amides is 1. The number of aliphatic hydroxyl groups is 1. The molecule has 0 bridgehead atoms. The minimum Gasteiger partial charge on any atom is -0.484 e. The smallest absolute Gasteiger partial charge is 0.319 e. The van der Waals surface area contributed by atoms with E-state index in [4.69, 9.17) is 22.8 Å². The first-order chi connectivity index (χ1) is 32.7. The summed E-state index contributed by atoms with van der Waals surface area (Å²) in [4.78, 5) is 54.8. The van der Waals surface area contributed by atoms with Crippen LogP contribution >= 0.6 is 8.25 Å². The number of H-pyrrole nitrogens is 1. The number of amidine groups is 1. The van der Waals surface area contributed by atoms with Gasteiger partial charge in [0.25, 0.3) is 19.8 Å². The van der Waals surface area contributed by atoms with Gasteiger partial charge in [-0.25, -0.2) is 4.98 Å². The first-order valence-electron chi connectivity index (χ1n) is 23.7. The molecule has 372 valence electrons. The van der Waals surface area contributed by atoms with Crippen molar-refractivity contribution in [3.05, 3.63) is 108 Å². The SMILES string of the molecule is C1CCC2=NCCCN2CC1.CC(C)(C)[Si](C)(C)O[C@@H]1[C@@H](CO[Si](c2ccccc2)(c2ccccc2)C(C)(C)C)O[C@@H](n2cnc3c(=O)[nH]c(NC(=O)COc4ccccc4)nc32)[C@@]1(O)O[PH](=O)O. The van der Waals surface area contributed by atoms with Crippen LogP contribution in [0.15, 0.2) is 107 Å². The number of aromatic amines is 1. The summed E-state index contributed by atoms with van der Waals surface area (Å²) in [5.41, 5.74) is -0.982. The lowest BCUT2D eigenvalue weighted by atomic mass is 10.1. The van der Waals surface area contributed by atoms with E-state index >= 15 is 0 Å². The van der Waals surface area contributed by atoms with E-state index in [2.05, 4.69) is 75.2 Å². The van der Waals surface area contributed by atoms with Gasteiger partial charge >= 0.3 is 8.25 Å². The molecule has 2 saturated heterocycles. The highest BCUT2D eigenvalue weighted by Gasteiger charge is 2.63. The maximum Gasteiger partial charge on any atom is 0.319 e. The maximum atomic E-state index is 13.3. The zero-order valence-corrected chi connectivity index (χ0v) is 43.9. The third kappa shape index (κ3) is 11.7. The Hall–Kier alpha value is -4.83. The van der Waals surface area contributed by atoms with Crippen LogP contribution in [-0.2, 0) is 27.5 Å². The monoisotopic (exact) mass is 1000 g/mol. The van der Waals surface area contributed by atoms with Gasteiger partial charge in [0, 0.05) is 26.1 Å². The molecule has 5 atom stereocenters. The van der Waals surface area contributed by atoms with Crippen LogP contribution < -0.4 is 26.0 Å². The number of carbonyl (C=O) groups excluding carboxylic acids is 1. The Morgan fingerprint density at radius 3 is 2.14 bits per heavy atom. The van der Waals surface area contributed by atoms with Gasteiger partial charge in [-0.3, -0.25) is 38.5 Å². The standard InChI is InChI=1S/C40H52N5O10PSi2.C9H16N2/c1-38(2,3)57(7,8)54-33-30(24-52-58(39(4,5)6,28-20-14-10-15-21-28)29-22-16-11-17-23-29)53-36(40(33,48)55-56(49)50)45-26-41-32-34(45)43-37(44-35(32)47)42-31(46)25-51-27-18-12-9-13-19-27;1-2-5-9-10-6-4-8-11(9)7-3-1/h9-23,26,30,33,36,48,56H,24-25H2,1-8H3,(H,49,50)(H2,42,43,44,46,47);1-8H2/t30-,33-,36-,40+;/m1./s1.